The number of carbonyl (C=O) groups is 1. The molecule has 0 amide bonds. The largest absolute Gasteiger partial charge is 0.478 e. The maximum Gasteiger partial charge on any atom is 0.335 e. The van der Waals surface area contributed by atoms with Gasteiger partial charge in [-0.05, 0) is 39.0 Å². The number of allylic oxidation sites excluding steroid dienone is 1. The minimum absolute atomic E-state index is 0.284. The van der Waals surface area contributed by atoms with Crippen LogP contribution in [0.5, 0.6) is 0 Å². The smallest absolute Gasteiger partial charge is 0.335 e. The summed E-state index contributed by atoms with van der Waals surface area (Å²) in [6, 6.07) is 5.08. The predicted molar refractivity (Wildman–Crippen MR) is 86.5 cm³/mol. The molecule has 0 aliphatic rings. The van der Waals surface area contributed by atoms with Crippen molar-refractivity contribution in [1.82, 2.24) is 4.68 Å². The van der Waals surface area contributed by atoms with Crippen LogP contribution in [0.4, 0.5) is 0 Å². The van der Waals surface area contributed by atoms with E-state index in [1.807, 2.05) is 44.6 Å². The Morgan fingerprint density at radius 2 is 2.19 bits per heavy atom. The number of thiazole rings is 1. The predicted octanol–water partition coefficient (Wildman–Crippen LogP) is 2.83. The summed E-state index contributed by atoms with van der Waals surface area (Å²) in [5, 5.41) is 9.08. The van der Waals surface area contributed by atoms with E-state index in [9.17, 15) is 4.79 Å². The SMILES string of the molecule is C/C=C\C(C)(C)/N=c1/sc2cc(C(=O)O)ccc2n1NC. The van der Waals surface area contributed by atoms with Gasteiger partial charge >= 0.3 is 5.97 Å². The van der Waals surface area contributed by atoms with Crippen molar-refractivity contribution >= 4 is 27.5 Å². The number of hydrogen-bond acceptors (Lipinski definition) is 4. The van der Waals surface area contributed by atoms with E-state index < -0.39 is 5.97 Å². The second-order valence-electron chi connectivity index (χ2n) is 5.20. The summed E-state index contributed by atoms with van der Waals surface area (Å²) in [6.45, 7) is 6.02. The van der Waals surface area contributed by atoms with Crippen molar-refractivity contribution < 1.29 is 9.90 Å². The highest BCUT2D eigenvalue weighted by atomic mass is 32.1. The van der Waals surface area contributed by atoms with Gasteiger partial charge in [-0.1, -0.05) is 23.5 Å². The maximum atomic E-state index is 11.1. The zero-order valence-corrected chi connectivity index (χ0v) is 13.4. The highest BCUT2D eigenvalue weighted by Gasteiger charge is 2.14. The van der Waals surface area contributed by atoms with E-state index in [0.717, 1.165) is 15.0 Å². The fourth-order valence-electron chi connectivity index (χ4n) is 2.14. The minimum atomic E-state index is -0.922. The number of hydrogen-bond donors (Lipinski definition) is 2. The molecule has 0 unspecified atom stereocenters. The van der Waals surface area contributed by atoms with Crippen LogP contribution < -0.4 is 10.2 Å². The van der Waals surface area contributed by atoms with Crippen LogP contribution in [-0.2, 0) is 0 Å². The van der Waals surface area contributed by atoms with Gasteiger partial charge in [0, 0.05) is 7.05 Å². The topological polar surface area (TPSA) is 66.6 Å². The van der Waals surface area contributed by atoms with Crippen LogP contribution in [0.1, 0.15) is 31.1 Å². The zero-order chi connectivity index (χ0) is 15.6. The van der Waals surface area contributed by atoms with Gasteiger partial charge in [-0.15, -0.1) is 0 Å². The quantitative estimate of drug-likeness (QED) is 0.854. The van der Waals surface area contributed by atoms with Gasteiger partial charge in [0.25, 0.3) is 0 Å². The first-order chi connectivity index (χ1) is 9.88. The van der Waals surface area contributed by atoms with E-state index in [1.54, 1.807) is 18.2 Å². The van der Waals surface area contributed by atoms with Crippen molar-refractivity contribution in [2.24, 2.45) is 4.99 Å². The molecule has 0 radical (unpaired) electrons. The molecule has 0 bridgehead atoms. The number of fused-ring (bicyclic) bond motifs is 1. The van der Waals surface area contributed by atoms with Gasteiger partial charge in [0.15, 0.2) is 0 Å². The summed E-state index contributed by atoms with van der Waals surface area (Å²) in [7, 11) is 1.82. The Labute approximate surface area is 127 Å². The van der Waals surface area contributed by atoms with E-state index in [0.29, 0.717) is 0 Å². The van der Waals surface area contributed by atoms with Gasteiger partial charge in [0.05, 0.1) is 21.3 Å². The fourth-order valence-corrected chi connectivity index (χ4v) is 3.35. The van der Waals surface area contributed by atoms with Crippen LogP contribution in [0.15, 0.2) is 35.3 Å². The standard InChI is InChI=1S/C15H19N3O2S/c1-5-8-15(2,3)17-14-18(16-4)11-7-6-10(13(19)20)9-12(11)21-14/h5-9,16H,1-4H3,(H,19,20)/b8-5-,17-14+. The van der Waals surface area contributed by atoms with E-state index in [4.69, 9.17) is 10.1 Å². The number of aromatic nitrogens is 1. The number of carboxylic acids is 1. The lowest BCUT2D eigenvalue weighted by atomic mass is 10.1. The second kappa shape index (κ2) is 5.73. The van der Waals surface area contributed by atoms with Gasteiger partial charge in [-0.2, -0.15) is 0 Å². The lowest BCUT2D eigenvalue weighted by Gasteiger charge is -2.13. The molecule has 0 aliphatic heterocycles. The molecule has 21 heavy (non-hydrogen) atoms. The summed E-state index contributed by atoms with van der Waals surface area (Å²) >= 11 is 1.47. The van der Waals surface area contributed by atoms with E-state index in [1.165, 1.54) is 11.3 Å². The Morgan fingerprint density at radius 1 is 1.48 bits per heavy atom. The number of aromatic carboxylic acids is 1. The van der Waals surface area contributed by atoms with Gasteiger partial charge in [-0.3, -0.25) is 0 Å². The molecule has 1 heterocycles. The molecule has 0 aliphatic carbocycles. The van der Waals surface area contributed by atoms with Crippen LogP contribution in [-0.4, -0.2) is 28.3 Å². The molecule has 0 saturated carbocycles. The molecular formula is C15H19N3O2S. The Kier molecular flexibility index (Phi) is 4.18. The van der Waals surface area contributed by atoms with Crippen molar-refractivity contribution in [1.29, 1.82) is 0 Å². The molecule has 1 aromatic carbocycles. The minimum Gasteiger partial charge on any atom is -0.478 e. The average Bonchev–Trinajstić information content (AvgIpc) is 2.73. The highest BCUT2D eigenvalue weighted by molar-refractivity contribution is 7.16. The van der Waals surface area contributed by atoms with Gasteiger partial charge in [0.1, 0.15) is 0 Å². The van der Waals surface area contributed by atoms with Crippen molar-refractivity contribution in [3.8, 4) is 0 Å². The molecule has 6 heteroatoms. The maximum absolute atomic E-state index is 11.1. The number of rotatable bonds is 4. The summed E-state index contributed by atoms with van der Waals surface area (Å²) in [6.07, 6.45) is 4.00. The first kappa shape index (κ1) is 15.3. The van der Waals surface area contributed by atoms with E-state index in [-0.39, 0.29) is 11.1 Å². The van der Waals surface area contributed by atoms with E-state index >= 15 is 0 Å². The molecule has 112 valence electrons. The highest BCUT2D eigenvalue weighted by Crippen LogP contribution is 2.19. The fraction of sp³-hybridized carbons (Fsp3) is 0.333. The van der Waals surface area contributed by atoms with Crippen LogP contribution >= 0.6 is 11.3 Å². The lowest BCUT2D eigenvalue weighted by molar-refractivity contribution is 0.0697. The first-order valence-corrected chi connectivity index (χ1v) is 7.46. The van der Waals surface area contributed by atoms with Crippen LogP contribution in [0.2, 0.25) is 0 Å². The van der Waals surface area contributed by atoms with Crippen molar-refractivity contribution in [3.05, 3.63) is 40.7 Å². The third-order valence-corrected chi connectivity index (χ3v) is 4.03. The molecule has 2 rings (SSSR count). The number of nitrogens with one attached hydrogen (secondary N) is 1. The molecule has 0 atom stereocenters. The molecule has 2 aromatic rings. The molecule has 2 N–H and O–H groups in total. The first-order valence-electron chi connectivity index (χ1n) is 6.64. The number of carboxylic acid groups (broad SMARTS) is 1. The average molecular weight is 305 g/mol. The summed E-state index contributed by atoms with van der Waals surface area (Å²) in [5.41, 5.74) is 3.98. The third kappa shape index (κ3) is 3.16. The monoisotopic (exact) mass is 305 g/mol. The molecule has 5 nitrogen and oxygen atoms in total. The molecule has 0 saturated heterocycles. The third-order valence-electron chi connectivity index (χ3n) is 3.02. The summed E-state index contributed by atoms with van der Waals surface area (Å²) < 4.78 is 2.76. The Balaban J connectivity index is 2.70. The van der Waals surface area contributed by atoms with Crippen molar-refractivity contribution in [2.75, 3.05) is 12.5 Å². The van der Waals surface area contributed by atoms with E-state index in [2.05, 4.69) is 5.43 Å². The molecule has 0 spiro atoms. The summed E-state index contributed by atoms with van der Waals surface area (Å²) in [5.74, 6) is -0.922. The lowest BCUT2D eigenvalue weighted by Crippen LogP contribution is -2.27. The molecular weight excluding hydrogens is 286 g/mol. The molecule has 0 fully saturated rings. The number of nitrogens with zero attached hydrogens (tertiary/aromatic N) is 2. The van der Waals surface area contributed by atoms with Gasteiger partial charge < -0.3 is 10.5 Å². The van der Waals surface area contributed by atoms with Crippen LogP contribution in [0.3, 0.4) is 0 Å². The molecule has 1 aromatic heterocycles. The Hall–Kier alpha value is -2.08. The normalized spacial score (nSPS) is 13.2. The summed E-state index contributed by atoms with van der Waals surface area (Å²) in [4.78, 5) is 16.6. The van der Waals surface area contributed by atoms with Crippen molar-refractivity contribution in [2.45, 2.75) is 26.3 Å². The van der Waals surface area contributed by atoms with Crippen molar-refractivity contribution in [3.63, 3.8) is 0 Å². The van der Waals surface area contributed by atoms with Crippen LogP contribution in [0, 0.1) is 0 Å². The van der Waals surface area contributed by atoms with Gasteiger partial charge in [0.2, 0.25) is 4.80 Å². The Morgan fingerprint density at radius 3 is 2.76 bits per heavy atom. The second-order valence-corrected chi connectivity index (χ2v) is 6.21. The number of benzene rings is 1. The zero-order valence-electron chi connectivity index (χ0n) is 12.5. The van der Waals surface area contributed by atoms with Gasteiger partial charge in [-0.25, -0.2) is 14.5 Å². The van der Waals surface area contributed by atoms with Crippen LogP contribution in [0.25, 0.3) is 10.2 Å². The Bertz CT molecular complexity index is 769.